The zero-order valence-corrected chi connectivity index (χ0v) is 14.3. The van der Waals surface area contributed by atoms with Crippen molar-refractivity contribution in [2.75, 3.05) is 18.0 Å². The lowest BCUT2D eigenvalue weighted by molar-refractivity contribution is -0.137. The van der Waals surface area contributed by atoms with Crippen molar-refractivity contribution in [3.8, 4) is 0 Å². The van der Waals surface area contributed by atoms with Crippen molar-refractivity contribution in [2.24, 2.45) is 5.92 Å². The van der Waals surface area contributed by atoms with Crippen molar-refractivity contribution >= 4 is 17.4 Å². The van der Waals surface area contributed by atoms with Crippen LogP contribution in [0.5, 0.6) is 0 Å². The molecule has 2 aromatic rings. The Morgan fingerprint density at radius 2 is 2.15 bits per heavy atom. The third-order valence-corrected chi connectivity index (χ3v) is 4.41. The number of carbonyl (C=O) groups excluding carboxylic acids is 1. The van der Waals surface area contributed by atoms with Crippen LogP contribution in [0, 0.1) is 12.8 Å². The van der Waals surface area contributed by atoms with Gasteiger partial charge in [-0.25, -0.2) is 4.68 Å². The Balaban J connectivity index is 1.89. The molecule has 0 bridgehead atoms. The largest absolute Gasteiger partial charge is 0.416 e. The number of anilines is 2. The molecule has 1 atom stereocenters. The van der Waals surface area contributed by atoms with Gasteiger partial charge >= 0.3 is 6.18 Å². The molecule has 138 valence electrons. The molecule has 1 aromatic heterocycles. The molecule has 3 rings (SSSR count). The first-order valence-corrected chi connectivity index (χ1v) is 8.17. The molecule has 0 saturated heterocycles. The van der Waals surface area contributed by atoms with E-state index in [2.05, 4.69) is 17.0 Å². The number of halogens is 3. The Kier molecular flexibility index (Phi) is 4.76. The van der Waals surface area contributed by atoms with Crippen molar-refractivity contribution < 1.29 is 18.0 Å². The summed E-state index contributed by atoms with van der Waals surface area (Å²) in [6.07, 6.45) is -1.50. The van der Waals surface area contributed by atoms with E-state index < -0.39 is 11.7 Å². The molecule has 0 spiro atoms. The summed E-state index contributed by atoms with van der Waals surface area (Å²) in [7, 11) is 0. The maximum Gasteiger partial charge on any atom is 0.416 e. The molecule has 2 heterocycles. The Morgan fingerprint density at radius 3 is 2.81 bits per heavy atom. The SMILES string of the molecule is C=CC(=O)NCC1CN(c2ccc(C(F)(F)F)cc2C)c2ccnn2C1. The number of alkyl halides is 3. The molecule has 26 heavy (non-hydrogen) atoms. The maximum atomic E-state index is 12.9. The van der Waals surface area contributed by atoms with Crippen LogP contribution in [0.4, 0.5) is 24.7 Å². The van der Waals surface area contributed by atoms with Gasteiger partial charge in [0.15, 0.2) is 0 Å². The van der Waals surface area contributed by atoms with E-state index in [9.17, 15) is 18.0 Å². The zero-order valence-electron chi connectivity index (χ0n) is 14.3. The first kappa shape index (κ1) is 18.0. The number of aromatic nitrogens is 2. The first-order chi connectivity index (χ1) is 12.3. The average Bonchev–Trinajstić information content (AvgIpc) is 3.06. The van der Waals surface area contributed by atoms with Crippen LogP contribution in [0.1, 0.15) is 11.1 Å². The standard InChI is InChI=1S/C18H19F3N4O/c1-3-16(26)22-9-13-10-24(17-6-7-23-25(17)11-13)15-5-4-14(8-12(15)2)18(19,20)21/h3-8,13H,1,9-11H2,2H3,(H,22,26). The number of rotatable bonds is 4. The summed E-state index contributed by atoms with van der Waals surface area (Å²) < 4.78 is 40.6. The Morgan fingerprint density at radius 1 is 1.38 bits per heavy atom. The van der Waals surface area contributed by atoms with Crippen molar-refractivity contribution in [3.63, 3.8) is 0 Å². The van der Waals surface area contributed by atoms with Gasteiger partial charge in [0, 0.05) is 37.3 Å². The minimum absolute atomic E-state index is 0.0630. The fourth-order valence-corrected chi connectivity index (χ4v) is 3.15. The number of aryl methyl sites for hydroxylation is 1. The Bertz CT molecular complexity index is 828. The third kappa shape index (κ3) is 3.58. The molecule has 0 radical (unpaired) electrons. The number of carbonyl (C=O) groups is 1. The lowest BCUT2D eigenvalue weighted by Crippen LogP contribution is -2.41. The Labute approximate surface area is 149 Å². The predicted octanol–water partition coefficient (Wildman–Crippen LogP) is 3.28. The zero-order chi connectivity index (χ0) is 18.9. The van der Waals surface area contributed by atoms with E-state index in [4.69, 9.17) is 0 Å². The van der Waals surface area contributed by atoms with E-state index >= 15 is 0 Å². The fourth-order valence-electron chi connectivity index (χ4n) is 3.15. The van der Waals surface area contributed by atoms with Gasteiger partial charge in [0.25, 0.3) is 0 Å². The van der Waals surface area contributed by atoms with Crippen molar-refractivity contribution in [1.29, 1.82) is 0 Å². The highest BCUT2D eigenvalue weighted by molar-refractivity contribution is 5.86. The number of nitrogens with one attached hydrogen (secondary N) is 1. The number of amides is 1. The first-order valence-electron chi connectivity index (χ1n) is 8.17. The molecular weight excluding hydrogens is 345 g/mol. The molecule has 8 heteroatoms. The molecule has 0 saturated carbocycles. The molecule has 1 aliphatic heterocycles. The predicted molar refractivity (Wildman–Crippen MR) is 92.1 cm³/mol. The normalized spacial score (nSPS) is 16.9. The highest BCUT2D eigenvalue weighted by atomic mass is 19.4. The van der Waals surface area contributed by atoms with Crippen LogP contribution in [-0.2, 0) is 17.5 Å². The van der Waals surface area contributed by atoms with Gasteiger partial charge in [-0.3, -0.25) is 4.79 Å². The molecule has 1 N–H and O–H groups in total. The number of benzene rings is 1. The molecule has 1 aromatic carbocycles. The Hall–Kier alpha value is -2.77. The van der Waals surface area contributed by atoms with E-state index in [-0.39, 0.29) is 11.8 Å². The van der Waals surface area contributed by atoms with Gasteiger partial charge in [-0.1, -0.05) is 6.58 Å². The topological polar surface area (TPSA) is 50.2 Å². The van der Waals surface area contributed by atoms with Gasteiger partial charge in [0.1, 0.15) is 5.82 Å². The van der Waals surface area contributed by atoms with Gasteiger partial charge in [-0.05, 0) is 36.8 Å². The van der Waals surface area contributed by atoms with E-state index in [0.717, 1.165) is 18.0 Å². The molecule has 1 amide bonds. The monoisotopic (exact) mass is 364 g/mol. The number of nitrogens with zero attached hydrogens (tertiary/aromatic N) is 3. The van der Waals surface area contributed by atoms with Crippen LogP contribution >= 0.6 is 0 Å². The highest BCUT2D eigenvalue weighted by Gasteiger charge is 2.32. The van der Waals surface area contributed by atoms with Crippen LogP contribution in [0.25, 0.3) is 0 Å². The smallest absolute Gasteiger partial charge is 0.352 e. The van der Waals surface area contributed by atoms with Crippen molar-refractivity contribution in [1.82, 2.24) is 15.1 Å². The van der Waals surface area contributed by atoms with Gasteiger partial charge < -0.3 is 10.2 Å². The van der Waals surface area contributed by atoms with Gasteiger partial charge in [0.05, 0.1) is 11.8 Å². The van der Waals surface area contributed by atoms with Gasteiger partial charge in [0.2, 0.25) is 5.91 Å². The van der Waals surface area contributed by atoms with Crippen LogP contribution in [-0.4, -0.2) is 28.8 Å². The van der Waals surface area contributed by atoms with Crippen LogP contribution in [0.3, 0.4) is 0 Å². The maximum absolute atomic E-state index is 12.9. The quantitative estimate of drug-likeness (QED) is 0.847. The number of hydrogen-bond acceptors (Lipinski definition) is 3. The van der Waals surface area contributed by atoms with Gasteiger partial charge in [-0.2, -0.15) is 18.3 Å². The summed E-state index contributed by atoms with van der Waals surface area (Å²) in [5.74, 6) is 0.626. The van der Waals surface area contributed by atoms with Crippen molar-refractivity contribution in [3.05, 3.63) is 54.2 Å². The third-order valence-electron chi connectivity index (χ3n) is 4.41. The summed E-state index contributed by atoms with van der Waals surface area (Å²) in [4.78, 5) is 13.4. The number of fused-ring (bicyclic) bond motifs is 1. The second-order valence-corrected chi connectivity index (χ2v) is 6.30. The molecular formula is C18H19F3N4O. The summed E-state index contributed by atoms with van der Waals surface area (Å²) in [5.41, 5.74) is 0.557. The summed E-state index contributed by atoms with van der Waals surface area (Å²) in [6, 6.07) is 5.56. The molecule has 1 aliphatic rings. The van der Waals surface area contributed by atoms with Gasteiger partial charge in [-0.15, -0.1) is 0 Å². The van der Waals surface area contributed by atoms with Crippen molar-refractivity contribution in [2.45, 2.75) is 19.6 Å². The van der Waals surface area contributed by atoms with E-state index in [1.807, 2.05) is 11.0 Å². The summed E-state index contributed by atoms with van der Waals surface area (Å²) in [5, 5.41) is 7.05. The lowest BCUT2D eigenvalue weighted by Gasteiger charge is -2.35. The highest BCUT2D eigenvalue weighted by Crippen LogP contribution is 2.36. The second kappa shape index (κ2) is 6.86. The minimum atomic E-state index is -4.37. The van der Waals surface area contributed by atoms with Crippen LogP contribution < -0.4 is 10.2 Å². The van der Waals surface area contributed by atoms with E-state index in [1.54, 1.807) is 17.8 Å². The molecule has 0 fully saturated rings. The second-order valence-electron chi connectivity index (χ2n) is 6.30. The average molecular weight is 364 g/mol. The summed E-state index contributed by atoms with van der Waals surface area (Å²) in [6.45, 7) is 6.70. The molecule has 0 aliphatic carbocycles. The molecule has 1 unspecified atom stereocenters. The van der Waals surface area contributed by atoms with Crippen LogP contribution in [0.15, 0.2) is 43.1 Å². The number of hydrogen-bond donors (Lipinski definition) is 1. The van der Waals surface area contributed by atoms with E-state index in [0.29, 0.717) is 30.9 Å². The molecule has 5 nitrogen and oxygen atoms in total. The van der Waals surface area contributed by atoms with Crippen LogP contribution in [0.2, 0.25) is 0 Å². The fraction of sp³-hybridized carbons (Fsp3) is 0.333. The van der Waals surface area contributed by atoms with E-state index in [1.165, 1.54) is 12.1 Å². The minimum Gasteiger partial charge on any atom is -0.352 e. The summed E-state index contributed by atoms with van der Waals surface area (Å²) >= 11 is 0. The lowest BCUT2D eigenvalue weighted by atomic mass is 10.0.